The Balaban J connectivity index is 2.73. The van der Waals surface area contributed by atoms with Crippen molar-refractivity contribution in [2.45, 2.75) is 27.2 Å². The second kappa shape index (κ2) is 2.79. The Bertz CT molecular complexity index is 180. The van der Waals surface area contributed by atoms with E-state index in [4.69, 9.17) is 0 Å². The molecule has 1 rings (SSSR count). The molecular weight excluding hydrogens is 142 g/mol. The van der Waals surface area contributed by atoms with Gasteiger partial charge < -0.3 is 0 Å². The van der Waals surface area contributed by atoms with Crippen molar-refractivity contribution in [3.63, 3.8) is 0 Å². The van der Waals surface area contributed by atoms with Crippen molar-refractivity contribution in [3.8, 4) is 0 Å². The van der Waals surface area contributed by atoms with E-state index < -0.39 is 0 Å². The van der Waals surface area contributed by atoms with Crippen LogP contribution in [0.15, 0.2) is 15.4 Å². The van der Waals surface area contributed by atoms with Gasteiger partial charge in [-0.15, -0.1) is 0 Å². The molecule has 2 heteroatoms. The third-order valence-corrected chi connectivity index (χ3v) is 2.29. The summed E-state index contributed by atoms with van der Waals surface area (Å²) in [5.41, 5.74) is 0.177. The number of nitrogens with zero attached hydrogens (tertiary/aromatic N) is 1. The van der Waals surface area contributed by atoms with Gasteiger partial charge in [-0.1, -0.05) is 26.8 Å². The second-order valence-corrected chi connectivity index (χ2v) is 4.03. The lowest BCUT2D eigenvalue weighted by Gasteiger charge is -2.19. The van der Waals surface area contributed by atoms with Crippen LogP contribution in [0.1, 0.15) is 27.2 Å². The first kappa shape index (κ1) is 7.86. The number of allylic oxidation sites excluding steroid dienone is 2. The molecule has 0 atom stereocenters. The van der Waals surface area contributed by atoms with Gasteiger partial charge in [0, 0.05) is 28.5 Å². The summed E-state index contributed by atoms with van der Waals surface area (Å²) < 4.78 is 4.21. The minimum absolute atomic E-state index is 0.177. The molecule has 0 saturated carbocycles. The average molecular weight is 155 g/mol. The van der Waals surface area contributed by atoms with Crippen molar-refractivity contribution in [1.29, 1.82) is 0 Å². The Morgan fingerprint density at radius 1 is 1.60 bits per heavy atom. The fourth-order valence-corrected chi connectivity index (χ4v) is 1.82. The largest absolute Gasteiger partial charge is 0.223 e. The minimum Gasteiger partial charge on any atom is -0.223 e. The standard InChI is InChI=1S/C8H13NS/c1-4-7-5-8(2,3)6-9-10-7/h5-6H,4H2,1-3H3. The van der Waals surface area contributed by atoms with E-state index in [0.29, 0.717) is 0 Å². The third kappa shape index (κ3) is 1.87. The molecule has 56 valence electrons. The molecule has 0 saturated heterocycles. The molecule has 0 fully saturated rings. The minimum atomic E-state index is 0.177. The Morgan fingerprint density at radius 2 is 2.30 bits per heavy atom. The highest BCUT2D eigenvalue weighted by molar-refractivity contribution is 8.02. The lowest BCUT2D eigenvalue weighted by Crippen LogP contribution is -2.11. The van der Waals surface area contributed by atoms with Crippen molar-refractivity contribution >= 4 is 18.2 Å². The van der Waals surface area contributed by atoms with Gasteiger partial charge in [-0.05, 0) is 6.42 Å². The normalized spacial score (nSPS) is 22.5. The van der Waals surface area contributed by atoms with Crippen LogP contribution in [-0.2, 0) is 0 Å². The molecule has 0 unspecified atom stereocenters. The summed E-state index contributed by atoms with van der Waals surface area (Å²) in [6, 6.07) is 0. The fourth-order valence-electron chi connectivity index (χ4n) is 0.875. The number of rotatable bonds is 1. The highest BCUT2D eigenvalue weighted by Gasteiger charge is 2.15. The van der Waals surface area contributed by atoms with E-state index in [9.17, 15) is 0 Å². The molecule has 0 spiro atoms. The van der Waals surface area contributed by atoms with Crippen LogP contribution in [0.25, 0.3) is 0 Å². The zero-order chi connectivity index (χ0) is 7.61. The summed E-state index contributed by atoms with van der Waals surface area (Å²) in [6.45, 7) is 6.51. The van der Waals surface area contributed by atoms with E-state index in [1.807, 2.05) is 6.21 Å². The van der Waals surface area contributed by atoms with Gasteiger partial charge in [0.05, 0.1) is 0 Å². The molecule has 10 heavy (non-hydrogen) atoms. The zero-order valence-electron chi connectivity index (χ0n) is 6.72. The van der Waals surface area contributed by atoms with Crippen LogP contribution in [0.4, 0.5) is 0 Å². The molecule has 1 nitrogen and oxygen atoms in total. The maximum absolute atomic E-state index is 4.21. The Morgan fingerprint density at radius 3 is 2.70 bits per heavy atom. The summed E-state index contributed by atoms with van der Waals surface area (Å²) in [4.78, 5) is 1.38. The quantitative estimate of drug-likeness (QED) is 0.530. The van der Waals surface area contributed by atoms with Crippen LogP contribution in [0.5, 0.6) is 0 Å². The highest BCUT2D eigenvalue weighted by atomic mass is 32.2. The van der Waals surface area contributed by atoms with Crippen molar-refractivity contribution in [3.05, 3.63) is 11.0 Å². The first-order chi connectivity index (χ1) is 4.64. The summed E-state index contributed by atoms with van der Waals surface area (Å²) in [5, 5.41) is 0. The van der Waals surface area contributed by atoms with Gasteiger partial charge in [-0.25, -0.2) is 4.40 Å². The van der Waals surface area contributed by atoms with Gasteiger partial charge in [0.2, 0.25) is 0 Å². The third-order valence-electron chi connectivity index (χ3n) is 1.44. The molecule has 0 N–H and O–H groups in total. The van der Waals surface area contributed by atoms with Gasteiger partial charge in [-0.2, -0.15) is 0 Å². The van der Waals surface area contributed by atoms with E-state index >= 15 is 0 Å². The summed E-state index contributed by atoms with van der Waals surface area (Å²) in [5.74, 6) is 0. The summed E-state index contributed by atoms with van der Waals surface area (Å²) >= 11 is 1.60. The summed E-state index contributed by atoms with van der Waals surface area (Å²) in [6.07, 6.45) is 5.38. The van der Waals surface area contributed by atoms with Gasteiger partial charge in [0.25, 0.3) is 0 Å². The molecule has 0 aromatic carbocycles. The zero-order valence-corrected chi connectivity index (χ0v) is 7.53. The van der Waals surface area contributed by atoms with E-state index in [1.165, 1.54) is 4.91 Å². The predicted octanol–water partition coefficient (Wildman–Crippen LogP) is 3.04. The first-order valence-electron chi connectivity index (χ1n) is 3.57. The molecule has 1 heterocycles. The van der Waals surface area contributed by atoms with Gasteiger partial charge in [-0.3, -0.25) is 0 Å². The van der Waals surface area contributed by atoms with Crippen LogP contribution in [0.2, 0.25) is 0 Å². The van der Waals surface area contributed by atoms with Crippen LogP contribution in [-0.4, -0.2) is 6.21 Å². The average Bonchev–Trinajstić information content (AvgIpc) is 1.86. The molecule has 1 aliphatic heterocycles. The smallest absolute Gasteiger partial charge is 0.0224 e. The Kier molecular flexibility index (Phi) is 2.19. The van der Waals surface area contributed by atoms with Gasteiger partial charge >= 0.3 is 0 Å². The molecular formula is C8H13NS. The molecule has 0 amide bonds. The molecule has 0 aromatic rings. The van der Waals surface area contributed by atoms with Crippen molar-refractivity contribution < 1.29 is 0 Å². The van der Waals surface area contributed by atoms with Gasteiger partial charge in [0.15, 0.2) is 0 Å². The van der Waals surface area contributed by atoms with E-state index in [1.54, 1.807) is 11.9 Å². The summed E-state index contributed by atoms with van der Waals surface area (Å²) in [7, 11) is 0. The van der Waals surface area contributed by atoms with Crippen LogP contribution < -0.4 is 0 Å². The Hall–Kier alpha value is -0.240. The van der Waals surface area contributed by atoms with E-state index in [2.05, 4.69) is 31.2 Å². The molecule has 0 bridgehead atoms. The lowest BCUT2D eigenvalue weighted by atomic mass is 9.94. The lowest BCUT2D eigenvalue weighted by molar-refractivity contribution is 0.688. The number of hydrogen-bond acceptors (Lipinski definition) is 2. The van der Waals surface area contributed by atoms with Crippen LogP contribution in [0, 0.1) is 5.41 Å². The van der Waals surface area contributed by atoms with E-state index in [-0.39, 0.29) is 5.41 Å². The van der Waals surface area contributed by atoms with Crippen LogP contribution in [0.3, 0.4) is 0 Å². The maximum atomic E-state index is 4.21. The monoisotopic (exact) mass is 155 g/mol. The van der Waals surface area contributed by atoms with Crippen molar-refractivity contribution in [2.24, 2.45) is 9.81 Å². The molecule has 1 aliphatic rings. The first-order valence-corrected chi connectivity index (χ1v) is 4.34. The topological polar surface area (TPSA) is 12.4 Å². The second-order valence-electron chi connectivity index (χ2n) is 3.11. The molecule has 0 aromatic heterocycles. The predicted molar refractivity (Wildman–Crippen MR) is 48.2 cm³/mol. The highest BCUT2D eigenvalue weighted by Crippen LogP contribution is 2.31. The molecule has 0 aliphatic carbocycles. The maximum Gasteiger partial charge on any atom is 0.0224 e. The molecule has 0 radical (unpaired) electrons. The van der Waals surface area contributed by atoms with Crippen molar-refractivity contribution in [1.82, 2.24) is 0 Å². The van der Waals surface area contributed by atoms with E-state index in [0.717, 1.165) is 6.42 Å². The van der Waals surface area contributed by atoms with Crippen LogP contribution >= 0.6 is 11.9 Å². The Labute approximate surface area is 66.8 Å². The van der Waals surface area contributed by atoms with Gasteiger partial charge in [0.1, 0.15) is 0 Å². The van der Waals surface area contributed by atoms with Crippen molar-refractivity contribution in [2.75, 3.05) is 0 Å². The fraction of sp³-hybridized carbons (Fsp3) is 0.625. The number of hydrogen-bond donors (Lipinski definition) is 0. The SMILES string of the molecule is CCC1=CC(C)(C)C=NS1.